The van der Waals surface area contributed by atoms with Crippen molar-refractivity contribution >= 4 is 19.8 Å². The Morgan fingerprint density at radius 2 is 1.08 bits per heavy atom. The lowest BCUT2D eigenvalue weighted by molar-refractivity contribution is -0.870. The van der Waals surface area contributed by atoms with Crippen LogP contribution in [0.3, 0.4) is 0 Å². The number of unbranched alkanes of at least 4 members (excludes halogenated alkanes) is 14. The van der Waals surface area contributed by atoms with Gasteiger partial charge in [-0.25, -0.2) is 0 Å². The fourth-order valence-corrected chi connectivity index (χ4v) is 5.79. The van der Waals surface area contributed by atoms with E-state index in [1.54, 1.807) is 0 Å². The number of nitrogens with zero attached hydrogens (tertiary/aromatic N) is 1. The highest BCUT2D eigenvalue weighted by atomic mass is 31.2. The summed E-state index contributed by atoms with van der Waals surface area (Å²) in [5, 5.41) is 0. The average molecular weight is 754 g/mol. The molecule has 302 valence electrons. The summed E-state index contributed by atoms with van der Waals surface area (Å²) in [6, 6.07) is 0. The van der Waals surface area contributed by atoms with Crippen molar-refractivity contribution < 1.29 is 42.1 Å². The molecule has 1 unspecified atom stereocenters. The molecule has 9 nitrogen and oxygen atoms in total. The van der Waals surface area contributed by atoms with Crippen LogP contribution in [0, 0.1) is 0 Å². The van der Waals surface area contributed by atoms with Crippen LogP contribution < -0.4 is 4.89 Å². The van der Waals surface area contributed by atoms with Crippen LogP contribution >= 0.6 is 7.82 Å². The number of ether oxygens (including phenoxy) is 2. The maximum atomic E-state index is 12.6. The summed E-state index contributed by atoms with van der Waals surface area (Å²) < 4.78 is 33.7. The SMILES string of the molecule is CCCC/C=C\CCCCCCCC(=O)OC[C@H](COP(=O)([O-])OCC[N+](C)(C)C)OC(=O)CCC/C=C\C/C=C\C/C=C\CCCCCCCC. The van der Waals surface area contributed by atoms with Gasteiger partial charge in [0.05, 0.1) is 27.7 Å². The molecule has 0 bridgehead atoms. The summed E-state index contributed by atoms with van der Waals surface area (Å²) in [7, 11) is 1.12. The molecule has 10 heteroatoms. The lowest BCUT2D eigenvalue weighted by atomic mass is 10.1. The topological polar surface area (TPSA) is 111 Å². The van der Waals surface area contributed by atoms with Gasteiger partial charge >= 0.3 is 11.9 Å². The van der Waals surface area contributed by atoms with E-state index < -0.39 is 32.5 Å². The van der Waals surface area contributed by atoms with Crippen LogP contribution in [-0.2, 0) is 32.7 Å². The lowest BCUT2D eigenvalue weighted by Crippen LogP contribution is -2.37. The van der Waals surface area contributed by atoms with Crippen LogP contribution in [0.1, 0.15) is 155 Å². The van der Waals surface area contributed by atoms with Crippen molar-refractivity contribution in [2.24, 2.45) is 0 Å². The first-order chi connectivity index (χ1) is 25.0. The van der Waals surface area contributed by atoms with E-state index in [9.17, 15) is 19.0 Å². The maximum absolute atomic E-state index is 12.6. The largest absolute Gasteiger partial charge is 0.756 e. The highest BCUT2D eigenvalue weighted by molar-refractivity contribution is 7.45. The number of likely N-dealkylation sites (N-methyl/N-ethyl adjacent to an activating group) is 1. The Balaban J connectivity index is 4.51. The van der Waals surface area contributed by atoms with E-state index in [0.717, 1.165) is 57.8 Å². The van der Waals surface area contributed by atoms with Gasteiger partial charge in [0.1, 0.15) is 19.8 Å². The van der Waals surface area contributed by atoms with Gasteiger partial charge in [0.25, 0.3) is 7.82 Å². The quantitative estimate of drug-likeness (QED) is 0.0204. The zero-order chi connectivity index (χ0) is 38.6. The van der Waals surface area contributed by atoms with Crippen LogP contribution in [0.5, 0.6) is 0 Å². The molecule has 0 saturated carbocycles. The predicted octanol–water partition coefficient (Wildman–Crippen LogP) is 10.5. The van der Waals surface area contributed by atoms with Gasteiger partial charge in [-0.3, -0.25) is 14.2 Å². The summed E-state index contributed by atoms with van der Waals surface area (Å²) in [6.07, 6.45) is 38.6. The molecule has 0 aliphatic rings. The minimum absolute atomic E-state index is 0.0426. The summed E-state index contributed by atoms with van der Waals surface area (Å²) in [4.78, 5) is 37.3. The second-order valence-corrected chi connectivity index (χ2v) is 16.1. The highest BCUT2D eigenvalue weighted by Crippen LogP contribution is 2.38. The number of carbonyl (C=O) groups is 2. The molecule has 0 fully saturated rings. The van der Waals surface area contributed by atoms with Crippen molar-refractivity contribution in [1.82, 2.24) is 0 Å². The molecule has 0 aromatic heterocycles. The van der Waals surface area contributed by atoms with Crippen LogP contribution in [0.15, 0.2) is 48.6 Å². The molecule has 0 saturated heterocycles. The van der Waals surface area contributed by atoms with Crippen molar-refractivity contribution in [2.45, 2.75) is 161 Å². The molecular formula is C42H76NO8P. The molecule has 0 aromatic rings. The van der Waals surface area contributed by atoms with Crippen molar-refractivity contribution in [3.05, 3.63) is 48.6 Å². The number of rotatable bonds is 36. The fourth-order valence-electron chi connectivity index (χ4n) is 5.06. The normalized spacial score (nSPS) is 14.2. The van der Waals surface area contributed by atoms with Crippen molar-refractivity contribution in [1.29, 1.82) is 0 Å². The van der Waals surface area contributed by atoms with E-state index in [4.69, 9.17) is 18.5 Å². The molecule has 0 radical (unpaired) electrons. The number of phosphoric acid groups is 1. The molecule has 0 spiro atoms. The van der Waals surface area contributed by atoms with Crippen LogP contribution in [0.25, 0.3) is 0 Å². The first-order valence-corrected chi connectivity index (χ1v) is 21.8. The number of allylic oxidation sites excluding steroid dienone is 8. The number of esters is 2. The second-order valence-electron chi connectivity index (χ2n) is 14.6. The van der Waals surface area contributed by atoms with Gasteiger partial charge in [-0.05, 0) is 64.2 Å². The molecular weight excluding hydrogens is 677 g/mol. The second kappa shape index (κ2) is 34.7. The summed E-state index contributed by atoms with van der Waals surface area (Å²) >= 11 is 0. The van der Waals surface area contributed by atoms with E-state index in [2.05, 4.69) is 56.4 Å². The van der Waals surface area contributed by atoms with Gasteiger partial charge < -0.3 is 27.9 Å². The summed E-state index contributed by atoms with van der Waals surface area (Å²) in [5.74, 6) is -0.912. The molecule has 0 heterocycles. The van der Waals surface area contributed by atoms with Crippen LogP contribution in [-0.4, -0.2) is 70.0 Å². The van der Waals surface area contributed by atoms with Gasteiger partial charge in [-0.2, -0.15) is 0 Å². The number of quaternary nitrogens is 1. The zero-order valence-electron chi connectivity index (χ0n) is 33.7. The van der Waals surface area contributed by atoms with Gasteiger partial charge in [-0.15, -0.1) is 0 Å². The number of carbonyl (C=O) groups excluding carboxylic acids is 2. The molecule has 0 aliphatic heterocycles. The minimum Gasteiger partial charge on any atom is -0.756 e. The third kappa shape index (κ3) is 37.7. The highest BCUT2D eigenvalue weighted by Gasteiger charge is 2.21. The molecule has 0 amide bonds. The van der Waals surface area contributed by atoms with Gasteiger partial charge in [0.2, 0.25) is 0 Å². The van der Waals surface area contributed by atoms with Gasteiger partial charge in [-0.1, -0.05) is 127 Å². The van der Waals surface area contributed by atoms with Crippen molar-refractivity contribution in [3.8, 4) is 0 Å². The Morgan fingerprint density at radius 3 is 1.67 bits per heavy atom. The van der Waals surface area contributed by atoms with Crippen molar-refractivity contribution in [3.63, 3.8) is 0 Å². The maximum Gasteiger partial charge on any atom is 0.306 e. The monoisotopic (exact) mass is 754 g/mol. The van der Waals surface area contributed by atoms with Crippen LogP contribution in [0.2, 0.25) is 0 Å². The van der Waals surface area contributed by atoms with E-state index in [-0.39, 0.29) is 26.1 Å². The summed E-state index contributed by atoms with van der Waals surface area (Å²) in [5.41, 5.74) is 0. The Hall–Kier alpha value is -2.03. The Labute approximate surface area is 318 Å². The van der Waals surface area contributed by atoms with E-state index in [1.807, 2.05) is 27.2 Å². The Morgan fingerprint density at radius 1 is 0.596 bits per heavy atom. The molecule has 0 N–H and O–H groups in total. The fraction of sp³-hybridized carbons (Fsp3) is 0.762. The predicted molar refractivity (Wildman–Crippen MR) is 213 cm³/mol. The number of hydrogen-bond donors (Lipinski definition) is 0. The summed E-state index contributed by atoms with van der Waals surface area (Å²) in [6.45, 7) is 4.09. The third-order valence-corrected chi connectivity index (χ3v) is 9.29. The van der Waals surface area contributed by atoms with E-state index >= 15 is 0 Å². The smallest absolute Gasteiger partial charge is 0.306 e. The molecule has 0 rings (SSSR count). The van der Waals surface area contributed by atoms with Gasteiger partial charge in [0.15, 0.2) is 6.10 Å². The first kappa shape index (κ1) is 50.0. The standard InChI is InChI=1S/C42H76NO8P/c1-6-8-10-12-14-16-18-19-20-21-22-23-25-27-29-31-33-35-42(45)51-40(39-50-52(46,47)49-37-36-43(3,4)5)38-48-41(44)34-32-30-28-26-24-17-15-13-11-9-7-2/h13,15,19-20,22-23,27,29,40H,6-12,14,16-18,21,24-26,28,30-39H2,1-5H3/b15-13-,20-19-,23-22-,29-27-/t40-/m1/s1. The first-order valence-electron chi connectivity index (χ1n) is 20.3. The van der Waals surface area contributed by atoms with E-state index in [0.29, 0.717) is 30.3 Å². The third-order valence-electron chi connectivity index (χ3n) is 8.32. The molecule has 2 atom stereocenters. The lowest BCUT2D eigenvalue weighted by Gasteiger charge is -2.28. The molecule has 52 heavy (non-hydrogen) atoms. The van der Waals surface area contributed by atoms with Crippen LogP contribution in [0.4, 0.5) is 0 Å². The minimum atomic E-state index is -4.63. The average Bonchev–Trinajstić information content (AvgIpc) is 3.09. The van der Waals surface area contributed by atoms with Gasteiger partial charge in [0, 0.05) is 12.8 Å². The molecule has 0 aromatic carbocycles. The Bertz CT molecular complexity index is 1030. The zero-order valence-corrected chi connectivity index (χ0v) is 34.6. The Kier molecular flexibility index (Phi) is 33.4. The van der Waals surface area contributed by atoms with Crippen molar-refractivity contribution in [2.75, 3.05) is 47.5 Å². The molecule has 0 aliphatic carbocycles. The van der Waals surface area contributed by atoms with E-state index in [1.165, 1.54) is 51.4 Å². The number of phosphoric ester groups is 1. The number of hydrogen-bond acceptors (Lipinski definition) is 8.